The molecule has 0 spiro atoms. The molecule has 0 aromatic rings. The molecule has 0 aromatic carbocycles. The Morgan fingerprint density at radius 1 is 1.50 bits per heavy atom. The summed E-state index contributed by atoms with van der Waals surface area (Å²) in [7, 11) is 0. The van der Waals surface area contributed by atoms with Crippen molar-refractivity contribution in [2.45, 2.75) is 25.6 Å². The van der Waals surface area contributed by atoms with Gasteiger partial charge in [0.25, 0.3) is 0 Å². The number of hydrogen-bond acceptors (Lipinski definition) is 4. The number of ketones is 1. The van der Waals surface area contributed by atoms with Gasteiger partial charge in [-0.3, -0.25) is 9.59 Å². The molecule has 0 rings (SSSR count). The van der Waals surface area contributed by atoms with Crippen LogP contribution in [0.2, 0.25) is 0 Å². The number of carbonyl (C=O) groups excluding carboxylic acids is 2. The predicted octanol–water partition coefficient (Wildman–Crippen LogP) is 0.530. The van der Waals surface area contributed by atoms with Crippen molar-refractivity contribution in [3.05, 3.63) is 0 Å². The second-order valence-corrected chi connectivity index (χ2v) is 3.47. The van der Waals surface area contributed by atoms with E-state index in [1.54, 1.807) is 0 Å². The lowest BCUT2D eigenvalue weighted by atomic mass is 10.3. The van der Waals surface area contributed by atoms with Crippen LogP contribution in [0, 0.1) is 0 Å². The van der Waals surface area contributed by atoms with Crippen LogP contribution in [0.5, 0.6) is 0 Å². The molecule has 0 heterocycles. The van der Waals surface area contributed by atoms with Crippen molar-refractivity contribution in [1.29, 1.82) is 0 Å². The molecule has 0 aliphatic carbocycles. The van der Waals surface area contributed by atoms with Gasteiger partial charge in [-0.05, 0) is 6.92 Å². The summed E-state index contributed by atoms with van der Waals surface area (Å²) in [6.45, 7) is 2.89. The van der Waals surface area contributed by atoms with Crippen molar-refractivity contribution in [3.63, 3.8) is 0 Å². The van der Waals surface area contributed by atoms with Crippen LogP contribution in [0.25, 0.3) is 0 Å². The van der Waals surface area contributed by atoms with E-state index in [0.29, 0.717) is 0 Å². The van der Waals surface area contributed by atoms with Crippen LogP contribution >= 0.6 is 11.8 Å². The van der Waals surface area contributed by atoms with Gasteiger partial charge in [0.05, 0.1) is 5.37 Å². The normalized spacial score (nSPS) is 12.7. The first kappa shape index (κ1) is 9.65. The Morgan fingerprint density at radius 2 is 2.00 bits per heavy atom. The van der Waals surface area contributed by atoms with Crippen LogP contribution < -0.4 is 5.73 Å². The van der Waals surface area contributed by atoms with E-state index in [1.807, 2.05) is 0 Å². The maximum atomic E-state index is 10.4. The molecular weight excluding hydrogens is 150 g/mol. The molecule has 0 saturated heterocycles. The molecule has 0 amide bonds. The van der Waals surface area contributed by atoms with Crippen LogP contribution in [-0.4, -0.2) is 16.3 Å². The van der Waals surface area contributed by atoms with E-state index in [0.717, 1.165) is 11.8 Å². The van der Waals surface area contributed by atoms with Crippen LogP contribution in [0.1, 0.15) is 20.3 Å². The number of hydrogen-bond donors (Lipinski definition) is 1. The maximum absolute atomic E-state index is 10.4. The monoisotopic (exact) mass is 161 g/mol. The van der Waals surface area contributed by atoms with Gasteiger partial charge in [-0.2, -0.15) is 0 Å². The van der Waals surface area contributed by atoms with Crippen molar-refractivity contribution < 1.29 is 9.59 Å². The Labute approximate surface area is 64.4 Å². The van der Waals surface area contributed by atoms with Crippen molar-refractivity contribution in [2.24, 2.45) is 5.73 Å². The molecule has 0 aliphatic rings. The van der Waals surface area contributed by atoms with Crippen molar-refractivity contribution >= 4 is 22.7 Å². The standard InChI is InChI=1S/C6H11NO2S/c1-4(8)3-6(7)10-5(2)9/h6H,3,7H2,1-2H3. The Bertz CT molecular complexity index is 131. The molecule has 0 radical (unpaired) electrons. The Morgan fingerprint density at radius 3 is 2.30 bits per heavy atom. The molecule has 0 saturated carbocycles. The molecule has 1 atom stereocenters. The van der Waals surface area contributed by atoms with Gasteiger partial charge in [0, 0.05) is 13.3 Å². The van der Waals surface area contributed by atoms with Crippen molar-refractivity contribution in [3.8, 4) is 0 Å². The fourth-order valence-electron chi connectivity index (χ4n) is 0.538. The second kappa shape index (κ2) is 4.46. The first-order valence-electron chi connectivity index (χ1n) is 2.94. The number of thioether (sulfide) groups is 1. The summed E-state index contributed by atoms with van der Waals surface area (Å²) < 4.78 is 0. The summed E-state index contributed by atoms with van der Waals surface area (Å²) in [4.78, 5) is 20.8. The quantitative estimate of drug-likeness (QED) is 0.613. The zero-order valence-corrected chi connectivity index (χ0v) is 6.90. The molecule has 0 fully saturated rings. The molecular formula is C6H11NO2S. The summed E-state index contributed by atoms with van der Waals surface area (Å²) in [5.74, 6) is 0.0150. The third-order valence-corrected chi connectivity index (χ3v) is 1.61. The lowest BCUT2D eigenvalue weighted by Crippen LogP contribution is -2.19. The first-order valence-corrected chi connectivity index (χ1v) is 3.82. The topological polar surface area (TPSA) is 60.2 Å². The van der Waals surface area contributed by atoms with Crippen LogP contribution in [0.15, 0.2) is 0 Å². The number of Topliss-reactive ketones (excluding diaryl/α,β-unsaturated/α-hetero) is 1. The van der Waals surface area contributed by atoms with Gasteiger partial charge in [0.2, 0.25) is 0 Å². The third-order valence-electron chi connectivity index (χ3n) is 0.806. The molecule has 58 valence electrons. The second-order valence-electron chi connectivity index (χ2n) is 2.05. The summed E-state index contributed by atoms with van der Waals surface area (Å²) in [6.07, 6.45) is 0.268. The van der Waals surface area contributed by atoms with Gasteiger partial charge >= 0.3 is 0 Å². The fraction of sp³-hybridized carbons (Fsp3) is 0.667. The smallest absolute Gasteiger partial charge is 0.187 e. The molecule has 0 bridgehead atoms. The van der Waals surface area contributed by atoms with Crippen molar-refractivity contribution in [1.82, 2.24) is 0 Å². The number of carbonyl (C=O) groups is 2. The minimum atomic E-state index is -0.366. The van der Waals surface area contributed by atoms with Crippen LogP contribution in [0.3, 0.4) is 0 Å². The van der Waals surface area contributed by atoms with Gasteiger partial charge in [-0.25, -0.2) is 0 Å². The lowest BCUT2D eigenvalue weighted by molar-refractivity contribution is -0.116. The number of nitrogens with two attached hydrogens (primary N) is 1. The highest BCUT2D eigenvalue weighted by molar-refractivity contribution is 8.14. The maximum Gasteiger partial charge on any atom is 0.187 e. The minimum absolute atomic E-state index is 0.0150. The van der Waals surface area contributed by atoms with E-state index in [9.17, 15) is 9.59 Å². The fourth-order valence-corrected chi connectivity index (χ4v) is 1.28. The molecule has 4 heteroatoms. The van der Waals surface area contributed by atoms with Gasteiger partial charge in [0.1, 0.15) is 5.78 Å². The van der Waals surface area contributed by atoms with Gasteiger partial charge in [-0.15, -0.1) is 0 Å². The summed E-state index contributed by atoms with van der Waals surface area (Å²) in [5.41, 5.74) is 5.40. The average molecular weight is 161 g/mol. The Kier molecular flexibility index (Phi) is 4.31. The highest BCUT2D eigenvalue weighted by Crippen LogP contribution is 2.09. The zero-order valence-electron chi connectivity index (χ0n) is 6.09. The van der Waals surface area contributed by atoms with E-state index in [1.165, 1.54) is 13.8 Å². The van der Waals surface area contributed by atoms with Gasteiger partial charge < -0.3 is 5.73 Å². The molecule has 2 N–H and O–H groups in total. The highest BCUT2D eigenvalue weighted by atomic mass is 32.2. The third kappa shape index (κ3) is 5.78. The minimum Gasteiger partial charge on any atom is -0.319 e. The first-order chi connectivity index (χ1) is 4.52. The zero-order chi connectivity index (χ0) is 8.15. The molecule has 3 nitrogen and oxygen atoms in total. The predicted molar refractivity (Wildman–Crippen MR) is 41.5 cm³/mol. The molecule has 0 aromatic heterocycles. The van der Waals surface area contributed by atoms with Crippen LogP contribution in [0.4, 0.5) is 0 Å². The van der Waals surface area contributed by atoms with E-state index in [2.05, 4.69) is 0 Å². The molecule has 1 unspecified atom stereocenters. The van der Waals surface area contributed by atoms with E-state index in [-0.39, 0.29) is 22.7 Å². The van der Waals surface area contributed by atoms with E-state index in [4.69, 9.17) is 5.73 Å². The number of rotatable bonds is 3. The van der Waals surface area contributed by atoms with Gasteiger partial charge in [-0.1, -0.05) is 11.8 Å². The SMILES string of the molecule is CC(=O)CC(N)SC(C)=O. The summed E-state index contributed by atoms with van der Waals surface area (Å²) >= 11 is 1.00. The highest BCUT2D eigenvalue weighted by Gasteiger charge is 2.07. The Balaban J connectivity index is 3.53. The van der Waals surface area contributed by atoms with E-state index < -0.39 is 0 Å². The molecule has 0 aliphatic heterocycles. The van der Waals surface area contributed by atoms with Crippen molar-refractivity contribution in [2.75, 3.05) is 0 Å². The lowest BCUT2D eigenvalue weighted by Gasteiger charge is -2.04. The van der Waals surface area contributed by atoms with Gasteiger partial charge in [0.15, 0.2) is 5.12 Å². The largest absolute Gasteiger partial charge is 0.319 e. The Hall–Kier alpha value is -0.350. The van der Waals surface area contributed by atoms with E-state index >= 15 is 0 Å². The summed E-state index contributed by atoms with van der Waals surface area (Å²) in [6, 6.07) is 0. The molecule has 10 heavy (non-hydrogen) atoms. The average Bonchev–Trinajstić information content (AvgIpc) is 1.58. The summed E-state index contributed by atoms with van der Waals surface area (Å²) in [5, 5.41) is -0.413. The van der Waals surface area contributed by atoms with Crippen LogP contribution in [-0.2, 0) is 9.59 Å².